The monoisotopic (exact) mass is 342 g/mol. The van der Waals surface area contributed by atoms with Gasteiger partial charge in [-0.1, -0.05) is 31.4 Å². The summed E-state index contributed by atoms with van der Waals surface area (Å²) >= 11 is 1.71. The highest BCUT2D eigenvalue weighted by Crippen LogP contribution is 2.49. The van der Waals surface area contributed by atoms with E-state index in [2.05, 4.69) is 43.6 Å². The second-order valence-corrected chi connectivity index (χ2v) is 8.20. The van der Waals surface area contributed by atoms with Gasteiger partial charge in [0.25, 0.3) is 0 Å². The Morgan fingerprint density at radius 2 is 2.00 bits per heavy atom. The summed E-state index contributed by atoms with van der Waals surface area (Å²) in [6.45, 7) is 4.35. The Balaban J connectivity index is 1.78. The Morgan fingerprint density at radius 3 is 2.79 bits per heavy atom. The zero-order valence-corrected chi connectivity index (χ0v) is 16.0. The van der Waals surface area contributed by atoms with Gasteiger partial charge in [-0.3, -0.25) is 0 Å². The smallest absolute Gasteiger partial charge is 0.129 e. The summed E-state index contributed by atoms with van der Waals surface area (Å²) in [5.74, 6) is 17.9. The van der Waals surface area contributed by atoms with E-state index in [0.717, 1.165) is 43.1 Å². The predicted octanol–water partition coefficient (Wildman–Crippen LogP) is 5.11. The van der Waals surface area contributed by atoms with Crippen LogP contribution in [0.1, 0.15) is 58.8 Å². The largest absolute Gasteiger partial charge is 0.302 e. The molecule has 2 saturated carbocycles. The van der Waals surface area contributed by atoms with Gasteiger partial charge in [-0.05, 0) is 43.4 Å². The second kappa shape index (κ2) is 10.7. The second-order valence-electron chi connectivity index (χ2n) is 7.12. The molecule has 0 bridgehead atoms. The highest BCUT2D eigenvalue weighted by molar-refractivity contribution is 8.00. The molecule has 4 atom stereocenters. The molecular formula is C22H30OS. The molecule has 0 aromatic heterocycles. The van der Waals surface area contributed by atoms with Crippen molar-refractivity contribution in [2.45, 2.75) is 58.8 Å². The first-order chi connectivity index (χ1) is 11.7. The molecule has 2 heteroatoms. The fourth-order valence-electron chi connectivity index (χ4n) is 3.88. The van der Waals surface area contributed by atoms with Crippen LogP contribution in [0.15, 0.2) is 11.6 Å². The lowest BCUT2D eigenvalue weighted by Gasteiger charge is -2.12. The molecule has 0 radical (unpaired) electrons. The Labute approximate surface area is 152 Å². The van der Waals surface area contributed by atoms with Crippen molar-refractivity contribution in [3.63, 3.8) is 0 Å². The summed E-state index contributed by atoms with van der Waals surface area (Å²) in [4.78, 5) is 10.4. The molecule has 1 unspecified atom stereocenters. The van der Waals surface area contributed by atoms with Gasteiger partial charge in [0.1, 0.15) is 6.29 Å². The molecule has 0 amide bonds. The van der Waals surface area contributed by atoms with E-state index in [0.29, 0.717) is 17.6 Å². The maximum Gasteiger partial charge on any atom is 0.129 e. The molecule has 0 saturated heterocycles. The highest BCUT2D eigenvalue weighted by Gasteiger charge is 2.40. The summed E-state index contributed by atoms with van der Waals surface area (Å²) in [6.07, 6.45) is 11.4. The van der Waals surface area contributed by atoms with Gasteiger partial charge in [0.05, 0.1) is 0 Å². The van der Waals surface area contributed by atoms with Gasteiger partial charge in [0.15, 0.2) is 0 Å². The summed E-state index contributed by atoms with van der Waals surface area (Å²) in [5.41, 5.74) is 1.61. The van der Waals surface area contributed by atoms with Gasteiger partial charge in [-0.15, -0.1) is 17.8 Å². The van der Waals surface area contributed by atoms with E-state index in [1.54, 1.807) is 17.3 Å². The normalized spacial score (nSPS) is 27.8. The summed E-state index contributed by atoms with van der Waals surface area (Å²) < 4.78 is 0. The van der Waals surface area contributed by atoms with Crippen molar-refractivity contribution < 1.29 is 4.79 Å². The summed E-state index contributed by atoms with van der Waals surface area (Å²) in [7, 11) is 0. The Hall–Kier alpha value is -1.12. The highest BCUT2D eigenvalue weighted by atomic mass is 32.2. The van der Waals surface area contributed by atoms with E-state index in [-0.39, 0.29) is 0 Å². The van der Waals surface area contributed by atoms with E-state index in [1.165, 1.54) is 25.7 Å². The van der Waals surface area contributed by atoms with Gasteiger partial charge < -0.3 is 4.79 Å². The lowest BCUT2D eigenvalue weighted by molar-refractivity contribution is -0.105. The fourth-order valence-corrected chi connectivity index (χ4v) is 4.47. The van der Waals surface area contributed by atoms with Gasteiger partial charge >= 0.3 is 0 Å². The molecule has 0 aliphatic heterocycles. The van der Waals surface area contributed by atoms with Crippen molar-refractivity contribution in [2.75, 3.05) is 11.5 Å². The van der Waals surface area contributed by atoms with Crippen LogP contribution in [-0.2, 0) is 4.79 Å². The Bertz CT molecular complexity index is 554. The average molecular weight is 343 g/mol. The molecule has 1 nitrogen and oxygen atoms in total. The number of aldehydes is 1. The third-order valence-electron chi connectivity index (χ3n) is 5.16. The van der Waals surface area contributed by atoms with Gasteiger partial charge in [-0.2, -0.15) is 11.8 Å². The van der Waals surface area contributed by atoms with Crippen molar-refractivity contribution in [1.29, 1.82) is 0 Å². The maximum atomic E-state index is 10.4. The third kappa shape index (κ3) is 6.07. The van der Waals surface area contributed by atoms with Gasteiger partial charge in [0, 0.05) is 36.7 Å². The third-order valence-corrected chi connectivity index (χ3v) is 5.93. The van der Waals surface area contributed by atoms with Crippen LogP contribution in [0.5, 0.6) is 0 Å². The number of rotatable bonds is 6. The molecule has 2 rings (SSSR count). The minimum Gasteiger partial charge on any atom is -0.302 e. The standard InChI is InChI=1S/C22H30OS/c1-3-4-5-7-18(2)8-6-9-20-10-11-21-16-19(17-22(20)21)12-14-24-15-13-23/h12-13,18,20-22H,3,7-8,10-11,14-17H2,1-2H3/b19-12+/t18?,20-,21+,22+/m0/s1. The number of hydrogen-bond acceptors (Lipinski definition) is 2. The van der Waals surface area contributed by atoms with E-state index >= 15 is 0 Å². The van der Waals surface area contributed by atoms with E-state index in [1.807, 2.05) is 0 Å². The number of carbonyl (C=O) groups is 1. The van der Waals surface area contributed by atoms with Crippen LogP contribution in [0.25, 0.3) is 0 Å². The van der Waals surface area contributed by atoms with Crippen molar-refractivity contribution in [2.24, 2.45) is 23.7 Å². The minimum absolute atomic E-state index is 0.586. The topological polar surface area (TPSA) is 17.1 Å². The molecule has 2 fully saturated rings. The molecule has 0 spiro atoms. The van der Waals surface area contributed by atoms with E-state index < -0.39 is 0 Å². The van der Waals surface area contributed by atoms with Gasteiger partial charge in [-0.25, -0.2) is 0 Å². The Morgan fingerprint density at radius 1 is 1.17 bits per heavy atom. The first kappa shape index (κ1) is 19.2. The van der Waals surface area contributed by atoms with E-state index in [9.17, 15) is 4.79 Å². The number of hydrogen-bond donors (Lipinski definition) is 0. The maximum absolute atomic E-state index is 10.4. The summed E-state index contributed by atoms with van der Waals surface area (Å²) in [6, 6.07) is 0. The molecular weight excluding hydrogens is 312 g/mol. The van der Waals surface area contributed by atoms with Crippen LogP contribution >= 0.6 is 11.8 Å². The zero-order valence-electron chi connectivity index (χ0n) is 15.1. The SMILES string of the molecule is CCC#CCC(C)CC#C[C@H]1CC[C@@H]2C/C(=C\CSCC=O)C[C@@H]21. The molecule has 0 aromatic rings. The van der Waals surface area contributed by atoms with Crippen LogP contribution in [0.3, 0.4) is 0 Å². The number of fused-ring (bicyclic) bond motifs is 1. The van der Waals surface area contributed by atoms with Crippen LogP contribution in [0.2, 0.25) is 0 Å². The lowest BCUT2D eigenvalue weighted by Crippen LogP contribution is -2.07. The average Bonchev–Trinajstić information content (AvgIpc) is 3.13. The lowest BCUT2D eigenvalue weighted by atomic mass is 9.92. The van der Waals surface area contributed by atoms with Crippen LogP contribution < -0.4 is 0 Å². The van der Waals surface area contributed by atoms with Crippen LogP contribution in [-0.4, -0.2) is 17.8 Å². The zero-order chi connectivity index (χ0) is 17.2. The van der Waals surface area contributed by atoms with Crippen LogP contribution in [0.4, 0.5) is 0 Å². The molecule has 0 aromatic carbocycles. The van der Waals surface area contributed by atoms with Gasteiger partial charge in [0.2, 0.25) is 0 Å². The number of allylic oxidation sites excluding steroid dienone is 1. The van der Waals surface area contributed by atoms with Crippen molar-refractivity contribution in [1.82, 2.24) is 0 Å². The van der Waals surface area contributed by atoms with Crippen LogP contribution in [0, 0.1) is 47.4 Å². The molecule has 0 N–H and O–H groups in total. The Kier molecular flexibility index (Phi) is 8.55. The molecule has 2 aliphatic rings. The fraction of sp³-hybridized carbons (Fsp3) is 0.682. The summed E-state index contributed by atoms with van der Waals surface area (Å²) in [5, 5.41) is 0. The molecule has 24 heavy (non-hydrogen) atoms. The number of thioether (sulfide) groups is 1. The molecule has 130 valence electrons. The van der Waals surface area contributed by atoms with E-state index in [4.69, 9.17) is 0 Å². The van der Waals surface area contributed by atoms with Crippen molar-refractivity contribution in [3.05, 3.63) is 11.6 Å². The van der Waals surface area contributed by atoms with Crippen molar-refractivity contribution in [3.8, 4) is 23.7 Å². The first-order valence-corrected chi connectivity index (χ1v) is 10.5. The van der Waals surface area contributed by atoms with Crippen molar-refractivity contribution >= 4 is 18.0 Å². The quantitative estimate of drug-likeness (QED) is 0.289. The molecule has 2 aliphatic carbocycles. The number of carbonyl (C=O) groups excluding carboxylic acids is 1. The minimum atomic E-state index is 0.586. The molecule has 0 heterocycles. The predicted molar refractivity (Wildman–Crippen MR) is 105 cm³/mol. The first-order valence-electron chi connectivity index (χ1n) is 9.38.